The normalized spacial score (nSPS) is 25.3. The quantitative estimate of drug-likeness (QED) is 0.844. The highest BCUT2D eigenvalue weighted by atomic mass is 32.2. The van der Waals surface area contributed by atoms with Crippen molar-refractivity contribution in [1.82, 2.24) is 4.31 Å². The van der Waals surface area contributed by atoms with E-state index in [2.05, 4.69) is 6.92 Å². The summed E-state index contributed by atoms with van der Waals surface area (Å²) in [4.78, 5) is 0.394. The lowest BCUT2D eigenvalue weighted by Gasteiger charge is -2.35. The first-order valence-corrected chi connectivity index (χ1v) is 8.00. The molecular formula is C14H21NO2S. The van der Waals surface area contributed by atoms with E-state index in [9.17, 15) is 8.42 Å². The van der Waals surface area contributed by atoms with Crippen LogP contribution in [0.1, 0.15) is 32.6 Å². The molecule has 2 rings (SSSR count). The summed E-state index contributed by atoms with van der Waals surface area (Å²) < 4.78 is 26.6. The van der Waals surface area contributed by atoms with Crippen molar-refractivity contribution in [2.75, 3.05) is 7.05 Å². The molecule has 1 aromatic rings. The third kappa shape index (κ3) is 2.59. The molecule has 0 N–H and O–H groups in total. The van der Waals surface area contributed by atoms with Gasteiger partial charge in [-0.1, -0.05) is 38.0 Å². The van der Waals surface area contributed by atoms with E-state index in [4.69, 9.17) is 0 Å². The number of benzene rings is 1. The van der Waals surface area contributed by atoms with Crippen LogP contribution < -0.4 is 0 Å². The Hall–Kier alpha value is -0.870. The second-order valence-corrected chi connectivity index (χ2v) is 7.16. The number of hydrogen-bond donors (Lipinski definition) is 0. The predicted molar refractivity (Wildman–Crippen MR) is 72.8 cm³/mol. The molecule has 2 atom stereocenters. The molecule has 0 amide bonds. The molecule has 0 spiro atoms. The lowest BCUT2D eigenvalue weighted by molar-refractivity contribution is 0.213. The molecule has 3 nitrogen and oxygen atoms in total. The van der Waals surface area contributed by atoms with Crippen LogP contribution in [0.3, 0.4) is 0 Å². The number of rotatable bonds is 3. The molecule has 0 aliphatic heterocycles. The zero-order valence-corrected chi connectivity index (χ0v) is 11.9. The molecule has 18 heavy (non-hydrogen) atoms. The maximum Gasteiger partial charge on any atom is 0.243 e. The fraction of sp³-hybridized carbons (Fsp3) is 0.571. The first kappa shape index (κ1) is 13.6. The minimum atomic E-state index is -3.34. The van der Waals surface area contributed by atoms with Gasteiger partial charge in [0.1, 0.15) is 0 Å². The second-order valence-electron chi connectivity index (χ2n) is 5.16. The van der Waals surface area contributed by atoms with Crippen LogP contribution in [0, 0.1) is 5.92 Å². The van der Waals surface area contributed by atoms with Crippen LogP contribution in [-0.2, 0) is 10.0 Å². The Kier molecular flexibility index (Phi) is 4.07. The molecule has 0 heterocycles. The van der Waals surface area contributed by atoms with Gasteiger partial charge < -0.3 is 0 Å². The molecule has 2 unspecified atom stereocenters. The van der Waals surface area contributed by atoms with Crippen molar-refractivity contribution in [3.8, 4) is 0 Å². The van der Waals surface area contributed by atoms with Crippen molar-refractivity contribution in [2.45, 2.75) is 43.5 Å². The van der Waals surface area contributed by atoms with Gasteiger partial charge in [-0.3, -0.25) is 0 Å². The van der Waals surface area contributed by atoms with Gasteiger partial charge in [-0.15, -0.1) is 0 Å². The van der Waals surface area contributed by atoms with Gasteiger partial charge >= 0.3 is 0 Å². The second kappa shape index (κ2) is 5.41. The van der Waals surface area contributed by atoms with Crippen LogP contribution in [-0.4, -0.2) is 25.8 Å². The van der Waals surface area contributed by atoms with Crippen LogP contribution >= 0.6 is 0 Å². The molecule has 1 saturated carbocycles. The molecule has 1 fully saturated rings. The van der Waals surface area contributed by atoms with Crippen LogP contribution in [0.4, 0.5) is 0 Å². The van der Waals surface area contributed by atoms with Crippen molar-refractivity contribution in [3.05, 3.63) is 30.3 Å². The zero-order chi connectivity index (χ0) is 13.2. The van der Waals surface area contributed by atoms with Gasteiger partial charge in [0.2, 0.25) is 10.0 Å². The molecule has 0 saturated heterocycles. The van der Waals surface area contributed by atoms with Gasteiger partial charge in [0, 0.05) is 13.1 Å². The van der Waals surface area contributed by atoms with Crippen molar-refractivity contribution >= 4 is 10.0 Å². The molecular weight excluding hydrogens is 246 g/mol. The Balaban J connectivity index is 2.25. The van der Waals surface area contributed by atoms with Gasteiger partial charge in [-0.25, -0.2) is 8.42 Å². The van der Waals surface area contributed by atoms with E-state index >= 15 is 0 Å². The van der Waals surface area contributed by atoms with Crippen molar-refractivity contribution in [1.29, 1.82) is 0 Å². The van der Waals surface area contributed by atoms with Crippen LogP contribution in [0.5, 0.6) is 0 Å². The maximum absolute atomic E-state index is 12.5. The average Bonchev–Trinajstić information content (AvgIpc) is 2.39. The lowest BCUT2D eigenvalue weighted by Crippen LogP contribution is -2.42. The summed E-state index contributed by atoms with van der Waals surface area (Å²) >= 11 is 0. The molecule has 0 radical (unpaired) electrons. The Morgan fingerprint density at radius 1 is 1.11 bits per heavy atom. The first-order chi connectivity index (χ1) is 8.53. The molecule has 0 bridgehead atoms. The summed E-state index contributed by atoms with van der Waals surface area (Å²) in [5.41, 5.74) is 0. The SMILES string of the molecule is CC1CCCCC1N(C)S(=O)(=O)c1ccccc1. The highest BCUT2D eigenvalue weighted by Gasteiger charge is 2.32. The number of sulfonamides is 1. The predicted octanol–water partition coefficient (Wildman–Crippen LogP) is 2.89. The first-order valence-electron chi connectivity index (χ1n) is 6.56. The molecule has 100 valence electrons. The third-order valence-corrected chi connectivity index (χ3v) is 5.85. The minimum absolute atomic E-state index is 0.143. The van der Waals surface area contributed by atoms with Gasteiger partial charge in [0.25, 0.3) is 0 Å². The van der Waals surface area contributed by atoms with Gasteiger partial charge in [0.15, 0.2) is 0 Å². The van der Waals surface area contributed by atoms with Gasteiger partial charge in [0.05, 0.1) is 4.90 Å². The smallest absolute Gasteiger partial charge is 0.207 e. The summed E-state index contributed by atoms with van der Waals surface area (Å²) in [6, 6.07) is 8.85. The van der Waals surface area contributed by atoms with E-state index in [1.807, 2.05) is 6.07 Å². The Morgan fingerprint density at radius 2 is 1.72 bits per heavy atom. The topological polar surface area (TPSA) is 37.4 Å². The highest BCUT2D eigenvalue weighted by Crippen LogP contribution is 2.30. The van der Waals surface area contributed by atoms with E-state index < -0.39 is 10.0 Å². The van der Waals surface area contributed by atoms with Crippen LogP contribution in [0.15, 0.2) is 35.2 Å². The molecule has 0 aromatic heterocycles. The summed E-state index contributed by atoms with van der Waals surface area (Å²) in [5, 5.41) is 0. The lowest BCUT2D eigenvalue weighted by atomic mass is 9.86. The van der Waals surface area contributed by atoms with E-state index in [-0.39, 0.29) is 6.04 Å². The fourth-order valence-electron chi connectivity index (χ4n) is 2.77. The van der Waals surface area contributed by atoms with E-state index in [0.29, 0.717) is 10.8 Å². The van der Waals surface area contributed by atoms with Gasteiger partial charge in [-0.2, -0.15) is 4.31 Å². The fourth-order valence-corrected chi connectivity index (χ4v) is 4.28. The monoisotopic (exact) mass is 267 g/mol. The molecule has 1 aliphatic carbocycles. The maximum atomic E-state index is 12.5. The Labute approximate surface area is 110 Å². The number of nitrogens with zero attached hydrogens (tertiary/aromatic N) is 1. The van der Waals surface area contributed by atoms with Gasteiger partial charge in [-0.05, 0) is 30.9 Å². The van der Waals surface area contributed by atoms with Crippen LogP contribution in [0.25, 0.3) is 0 Å². The largest absolute Gasteiger partial charge is 0.243 e. The average molecular weight is 267 g/mol. The third-order valence-electron chi connectivity index (χ3n) is 3.95. The zero-order valence-electron chi connectivity index (χ0n) is 11.0. The van der Waals surface area contributed by atoms with E-state index in [1.54, 1.807) is 35.6 Å². The summed E-state index contributed by atoms with van der Waals surface area (Å²) in [5.74, 6) is 0.447. The molecule has 1 aliphatic rings. The van der Waals surface area contributed by atoms with E-state index in [0.717, 1.165) is 19.3 Å². The van der Waals surface area contributed by atoms with Crippen molar-refractivity contribution in [3.63, 3.8) is 0 Å². The van der Waals surface area contributed by atoms with Crippen LogP contribution in [0.2, 0.25) is 0 Å². The van der Waals surface area contributed by atoms with Crippen molar-refractivity contribution < 1.29 is 8.42 Å². The standard InChI is InChI=1S/C14H21NO2S/c1-12-8-6-7-11-14(12)15(2)18(16,17)13-9-4-3-5-10-13/h3-5,9-10,12,14H,6-8,11H2,1-2H3. The summed E-state index contributed by atoms with van der Waals surface area (Å²) in [6.07, 6.45) is 4.45. The van der Waals surface area contributed by atoms with E-state index in [1.165, 1.54) is 6.42 Å². The Morgan fingerprint density at radius 3 is 2.33 bits per heavy atom. The molecule has 1 aromatic carbocycles. The Bertz CT molecular complexity index is 484. The summed E-state index contributed by atoms with van der Waals surface area (Å²) in [7, 11) is -1.62. The highest BCUT2D eigenvalue weighted by molar-refractivity contribution is 7.89. The number of hydrogen-bond acceptors (Lipinski definition) is 2. The summed E-state index contributed by atoms with van der Waals surface area (Å²) in [6.45, 7) is 2.15. The molecule has 4 heteroatoms. The minimum Gasteiger partial charge on any atom is -0.207 e. The van der Waals surface area contributed by atoms with Crippen molar-refractivity contribution in [2.24, 2.45) is 5.92 Å².